The molecule has 3 rings (SSSR count). The summed E-state index contributed by atoms with van der Waals surface area (Å²) in [6.45, 7) is 7.47. The number of rotatable bonds is 4. The zero-order chi connectivity index (χ0) is 17.1. The fourth-order valence-electron chi connectivity index (χ4n) is 3.11. The summed E-state index contributed by atoms with van der Waals surface area (Å²) in [5.74, 6) is 1.85. The van der Waals surface area contributed by atoms with E-state index < -0.39 is 0 Å². The van der Waals surface area contributed by atoms with Crippen LogP contribution in [-0.4, -0.2) is 34.2 Å². The Hall–Kier alpha value is -2.37. The lowest BCUT2D eigenvalue weighted by atomic mass is 10.0. The molecule has 1 atom stereocenters. The summed E-state index contributed by atoms with van der Waals surface area (Å²) in [5.41, 5.74) is 3.20. The third kappa shape index (κ3) is 3.75. The summed E-state index contributed by atoms with van der Waals surface area (Å²) >= 11 is 0. The fraction of sp³-hybridized carbons (Fsp3) is 0.500. The molecule has 0 radical (unpaired) electrons. The Balaban J connectivity index is 1.51. The summed E-state index contributed by atoms with van der Waals surface area (Å²) in [6.07, 6.45) is 2.80. The van der Waals surface area contributed by atoms with Crippen molar-refractivity contribution < 1.29 is 9.32 Å². The van der Waals surface area contributed by atoms with Crippen molar-refractivity contribution >= 4 is 11.7 Å². The van der Waals surface area contributed by atoms with Gasteiger partial charge in [-0.1, -0.05) is 17.3 Å². The van der Waals surface area contributed by atoms with Crippen molar-refractivity contribution in [3.63, 3.8) is 0 Å². The predicted octanol–water partition coefficient (Wildman–Crippen LogP) is 3.48. The number of carbonyl (C=O) groups is 1. The first-order chi connectivity index (χ1) is 11.5. The van der Waals surface area contributed by atoms with E-state index in [0.29, 0.717) is 11.8 Å². The molecule has 0 saturated carbocycles. The lowest BCUT2D eigenvalue weighted by Gasteiger charge is -2.19. The van der Waals surface area contributed by atoms with Gasteiger partial charge in [-0.25, -0.2) is 4.79 Å². The molecule has 6 nitrogen and oxygen atoms in total. The van der Waals surface area contributed by atoms with Crippen molar-refractivity contribution in [3.05, 3.63) is 41.0 Å². The molecule has 1 aliphatic rings. The Bertz CT molecular complexity index is 726. The molecule has 1 saturated heterocycles. The molecule has 1 aromatic heterocycles. The molecule has 2 aromatic rings. The van der Waals surface area contributed by atoms with Crippen LogP contribution in [0.5, 0.6) is 0 Å². The second kappa shape index (κ2) is 7.03. The lowest BCUT2D eigenvalue weighted by Crippen LogP contribution is -2.33. The number of amides is 2. The third-order valence-electron chi connectivity index (χ3n) is 4.77. The van der Waals surface area contributed by atoms with E-state index in [9.17, 15) is 4.79 Å². The van der Waals surface area contributed by atoms with Crippen LogP contribution in [0.1, 0.15) is 35.7 Å². The first-order valence-corrected chi connectivity index (χ1v) is 8.44. The summed E-state index contributed by atoms with van der Waals surface area (Å²) in [6, 6.07) is 5.96. The zero-order valence-electron chi connectivity index (χ0n) is 14.5. The van der Waals surface area contributed by atoms with E-state index in [2.05, 4.69) is 28.4 Å². The molecular weight excluding hydrogens is 304 g/mol. The molecule has 2 amide bonds. The van der Waals surface area contributed by atoms with Gasteiger partial charge in [0.05, 0.1) is 0 Å². The molecule has 0 bridgehead atoms. The maximum absolute atomic E-state index is 12.5. The van der Waals surface area contributed by atoms with Gasteiger partial charge < -0.3 is 14.7 Å². The van der Waals surface area contributed by atoms with Crippen LogP contribution in [0, 0.1) is 26.7 Å². The number of hydrogen-bond acceptors (Lipinski definition) is 4. The van der Waals surface area contributed by atoms with Gasteiger partial charge in [-0.2, -0.15) is 4.98 Å². The highest BCUT2D eigenvalue weighted by Crippen LogP contribution is 2.23. The van der Waals surface area contributed by atoms with Crippen molar-refractivity contribution in [3.8, 4) is 0 Å². The van der Waals surface area contributed by atoms with Gasteiger partial charge in [0, 0.05) is 32.1 Å². The molecule has 1 unspecified atom stereocenters. The van der Waals surface area contributed by atoms with Gasteiger partial charge in [0.25, 0.3) is 0 Å². The van der Waals surface area contributed by atoms with E-state index in [1.165, 1.54) is 5.56 Å². The maximum atomic E-state index is 12.5. The zero-order valence-corrected chi connectivity index (χ0v) is 14.5. The minimum absolute atomic E-state index is 0.0124. The Morgan fingerprint density at radius 1 is 1.38 bits per heavy atom. The molecule has 6 heteroatoms. The van der Waals surface area contributed by atoms with Crippen molar-refractivity contribution in [1.29, 1.82) is 0 Å². The number of nitrogens with zero attached hydrogens (tertiary/aromatic N) is 3. The Kier molecular flexibility index (Phi) is 4.83. The van der Waals surface area contributed by atoms with Gasteiger partial charge in [-0.3, -0.25) is 0 Å². The maximum Gasteiger partial charge on any atom is 0.321 e. The first kappa shape index (κ1) is 16.5. The number of urea groups is 1. The Morgan fingerprint density at radius 2 is 2.21 bits per heavy atom. The van der Waals surface area contributed by atoms with Crippen LogP contribution in [0.25, 0.3) is 0 Å². The minimum atomic E-state index is -0.0124. The number of aromatic nitrogens is 2. The SMILES string of the molecule is Cc1nc(CCC2CCN(C(=O)Nc3cccc(C)c3C)C2)no1. The second-order valence-electron chi connectivity index (χ2n) is 6.55. The Labute approximate surface area is 142 Å². The topological polar surface area (TPSA) is 71.3 Å². The Morgan fingerprint density at radius 3 is 2.96 bits per heavy atom. The van der Waals surface area contributed by atoms with Crippen molar-refractivity contribution in [1.82, 2.24) is 15.0 Å². The van der Waals surface area contributed by atoms with Crippen molar-refractivity contribution in [2.75, 3.05) is 18.4 Å². The summed E-state index contributed by atoms with van der Waals surface area (Å²) in [7, 11) is 0. The fourth-order valence-corrected chi connectivity index (χ4v) is 3.11. The number of anilines is 1. The molecule has 2 heterocycles. The van der Waals surface area contributed by atoms with Gasteiger partial charge in [0.1, 0.15) is 0 Å². The molecule has 128 valence electrons. The highest BCUT2D eigenvalue weighted by Gasteiger charge is 2.26. The monoisotopic (exact) mass is 328 g/mol. The minimum Gasteiger partial charge on any atom is -0.340 e. The number of likely N-dealkylation sites (tertiary alicyclic amines) is 1. The lowest BCUT2D eigenvalue weighted by molar-refractivity contribution is 0.220. The van der Waals surface area contributed by atoms with Crippen LogP contribution in [-0.2, 0) is 6.42 Å². The van der Waals surface area contributed by atoms with Gasteiger partial charge in [-0.05, 0) is 49.8 Å². The molecule has 0 aliphatic carbocycles. The molecule has 1 fully saturated rings. The van der Waals surface area contributed by atoms with E-state index in [1.54, 1.807) is 6.92 Å². The third-order valence-corrected chi connectivity index (χ3v) is 4.77. The van der Waals surface area contributed by atoms with E-state index in [1.807, 2.05) is 24.0 Å². The first-order valence-electron chi connectivity index (χ1n) is 8.44. The van der Waals surface area contributed by atoms with Gasteiger partial charge in [0.15, 0.2) is 5.82 Å². The van der Waals surface area contributed by atoms with Crippen LogP contribution in [0.3, 0.4) is 0 Å². The number of nitrogens with one attached hydrogen (secondary N) is 1. The molecule has 1 aliphatic heterocycles. The molecule has 1 N–H and O–H groups in total. The van der Waals surface area contributed by atoms with Gasteiger partial charge in [0.2, 0.25) is 5.89 Å². The highest BCUT2D eigenvalue weighted by molar-refractivity contribution is 5.90. The van der Waals surface area contributed by atoms with E-state index in [0.717, 1.165) is 49.4 Å². The van der Waals surface area contributed by atoms with Gasteiger partial charge in [-0.15, -0.1) is 0 Å². The number of benzene rings is 1. The molecular formula is C18H24N4O2. The van der Waals surface area contributed by atoms with E-state index in [-0.39, 0.29) is 6.03 Å². The number of hydrogen-bond donors (Lipinski definition) is 1. The van der Waals surface area contributed by atoms with E-state index >= 15 is 0 Å². The summed E-state index contributed by atoms with van der Waals surface area (Å²) < 4.78 is 4.99. The van der Waals surface area contributed by atoms with E-state index in [4.69, 9.17) is 4.52 Å². The van der Waals surface area contributed by atoms with Crippen LogP contribution in [0.4, 0.5) is 10.5 Å². The van der Waals surface area contributed by atoms with Crippen LogP contribution < -0.4 is 5.32 Å². The van der Waals surface area contributed by atoms with Gasteiger partial charge >= 0.3 is 6.03 Å². The quantitative estimate of drug-likeness (QED) is 0.932. The van der Waals surface area contributed by atoms with Crippen LogP contribution in [0.2, 0.25) is 0 Å². The molecule has 0 spiro atoms. The average Bonchev–Trinajstić information content (AvgIpc) is 3.19. The van der Waals surface area contributed by atoms with Crippen molar-refractivity contribution in [2.45, 2.75) is 40.0 Å². The largest absolute Gasteiger partial charge is 0.340 e. The average molecular weight is 328 g/mol. The second-order valence-corrected chi connectivity index (χ2v) is 6.55. The van der Waals surface area contributed by atoms with Crippen LogP contribution in [0.15, 0.2) is 22.7 Å². The summed E-state index contributed by atoms with van der Waals surface area (Å²) in [5, 5.41) is 6.96. The van der Waals surface area contributed by atoms with Crippen LogP contribution >= 0.6 is 0 Å². The number of aryl methyl sites for hydroxylation is 3. The highest BCUT2D eigenvalue weighted by atomic mass is 16.5. The molecule has 24 heavy (non-hydrogen) atoms. The predicted molar refractivity (Wildman–Crippen MR) is 92.0 cm³/mol. The smallest absolute Gasteiger partial charge is 0.321 e. The normalized spacial score (nSPS) is 17.3. The molecule has 1 aromatic carbocycles. The number of carbonyl (C=O) groups excluding carboxylic acids is 1. The summed E-state index contributed by atoms with van der Waals surface area (Å²) in [4.78, 5) is 18.6. The van der Waals surface area contributed by atoms with Crippen molar-refractivity contribution in [2.24, 2.45) is 5.92 Å². The standard InChI is InChI=1S/C18H24N4O2/c1-12-5-4-6-16(13(12)2)20-18(23)22-10-9-15(11-22)7-8-17-19-14(3)24-21-17/h4-6,15H,7-11H2,1-3H3,(H,20,23).